The van der Waals surface area contributed by atoms with E-state index in [1.54, 1.807) is 10.7 Å². The second-order valence-corrected chi connectivity index (χ2v) is 7.38. The maximum atomic E-state index is 12.6. The normalized spacial score (nSPS) is 11.1. The molecule has 7 heteroatoms. The Labute approximate surface area is 165 Å². The van der Waals surface area contributed by atoms with Crippen LogP contribution in [-0.2, 0) is 12.0 Å². The average Bonchev–Trinajstić information content (AvgIpc) is 3.21. The molecule has 3 N–H and O–H groups in total. The number of rotatable bonds is 4. The first kappa shape index (κ1) is 20.7. The molecule has 2 heterocycles. The topological polar surface area (TPSA) is 86.1 Å². The highest BCUT2D eigenvalue weighted by molar-refractivity contribution is 6.03. The van der Waals surface area contributed by atoms with Gasteiger partial charge in [-0.05, 0) is 30.7 Å². The molecule has 0 fully saturated rings. The van der Waals surface area contributed by atoms with Gasteiger partial charge in [0, 0.05) is 11.5 Å². The molecule has 0 bridgehead atoms. The van der Waals surface area contributed by atoms with Crippen LogP contribution in [0, 0.1) is 6.92 Å². The molecule has 3 aromatic rings. The predicted molar refractivity (Wildman–Crippen MR) is 109 cm³/mol. The van der Waals surface area contributed by atoms with Crippen LogP contribution in [0.3, 0.4) is 0 Å². The third kappa shape index (κ3) is 4.59. The van der Waals surface area contributed by atoms with Crippen LogP contribution in [0.1, 0.15) is 48.1 Å². The van der Waals surface area contributed by atoms with Crippen LogP contribution in [-0.4, -0.2) is 15.7 Å². The van der Waals surface area contributed by atoms with Gasteiger partial charge in [0.2, 0.25) is 0 Å². The van der Waals surface area contributed by atoms with E-state index < -0.39 is 0 Å². The number of nitrogens with two attached hydrogens (primary N) is 1. The van der Waals surface area contributed by atoms with E-state index in [1.807, 2.05) is 37.3 Å². The van der Waals surface area contributed by atoms with Crippen molar-refractivity contribution < 1.29 is 9.21 Å². The van der Waals surface area contributed by atoms with E-state index in [1.165, 1.54) is 6.26 Å². The molecule has 0 radical (unpaired) electrons. The molecule has 144 valence electrons. The summed E-state index contributed by atoms with van der Waals surface area (Å²) in [5, 5.41) is 7.65. The molecule has 1 aromatic carbocycles. The number of halogens is 1. The fourth-order valence-corrected chi connectivity index (χ4v) is 2.59. The number of nitrogens with zero attached hydrogens (tertiary/aromatic N) is 2. The second-order valence-electron chi connectivity index (χ2n) is 7.38. The third-order valence-corrected chi connectivity index (χ3v) is 4.08. The molecule has 3 rings (SSSR count). The summed E-state index contributed by atoms with van der Waals surface area (Å²) in [7, 11) is 0. The molecule has 0 aliphatic rings. The number of benzene rings is 1. The molecular formula is C20H25ClN4O2. The standard InChI is InChI=1S/C20H24N4O2.ClH/c1-13-6-5-7-15(8-13)24-18(10-17(23-24)20(2,3)4)22-19(25)14-9-16(11-21)26-12-14;/h5-10,12H,11,21H2,1-4H3,(H,22,25);1H. The Morgan fingerprint density at radius 1 is 1.26 bits per heavy atom. The Morgan fingerprint density at radius 3 is 2.59 bits per heavy atom. The van der Waals surface area contributed by atoms with Crippen molar-refractivity contribution in [3.05, 3.63) is 65.2 Å². The maximum Gasteiger partial charge on any atom is 0.260 e. The zero-order valence-electron chi connectivity index (χ0n) is 15.9. The number of aryl methyl sites for hydroxylation is 1. The van der Waals surface area contributed by atoms with Gasteiger partial charge in [-0.15, -0.1) is 12.4 Å². The number of carbonyl (C=O) groups is 1. The van der Waals surface area contributed by atoms with Crippen LogP contribution in [0.15, 0.2) is 47.1 Å². The number of amides is 1. The smallest absolute Gasteiger partial charge is 0.260 e. The van der Waals surface area contributed by atoms with E-state index in [0.717, 1.165) is 16.9 Å². The van der Waals surface area contributed by atoms with Crippen molar-refractivity contribution in [1.29, 1.82) is 0 Å². The molecule has 0 atom stereocenters. The Bertz CT molecular complexity index is 938. The van der Waals surface area contributed by atoms with Crippen LogP contribution >= 0.6 is 12.4 Å². The lowest BCUT2D eigenvalue weighted by Crippen LogP contribution is -2.14. The van der Waals surface area contributed by atoms with Gasteiger partial charge < -0.3 is 15.5 Å². The summed E-state index contributed by atoms with van der Waals surface area (Å²) >= 11 is 0. The second kappa shape index (κ2) is 7.98. The first-order valence-electron chi connectivity index (χ1n) is 8.54. The number of anilines is 1. The zero-order chi connectivity index (χ0) is 18.9. The number of furan rings is 1. The van der Waals surface area contributed by atoms with E-state index in [0.29, 0.717) is 17.1 Å². The van der Waals surface area contributed by atoms with Gasteiger partial charge in [-0.2, -0.15) is 5.10 Å². The fraction of sp³-hybridized carbons (Fsp3) is 0.300. The number of hydrogen-bond donors (Lipinski definition) is 2. The van der Waals surface area contributed by atoms with Crippen molar-refractivity contribution in [2.45, 2.75) is 39.7 Å². The van der Waals surface area contributed by atoms with Gasteiger partial charge in [-0.25, -0.2) is 4.68 Å². The minimum absolute atomic E-state index is 0. The molecule has 0 spiro atoms. The summed E-state index contributed by atoms with van der Waals surface area (Å²) in [6.45, 7) is 8.54. The van der Waals surface area contributed by atoms with E-state index >= 15 is 0 Å². The largest absolute Gasteiger partial charge is 0.467 e. The van der Waals surface area contributed by atoms with Gasteiger partial charge in [0.05, 0.1) is 23.5 Å². The van der Waals surface area contributed by atoms with Gasteiger partial charge in [0.15, 0.2) is 0 Å². The summed E-state index contributed by atoms with van der Waals surface area (Å²) in [6, 6.07) is 11.5. The Kier molecular flexibility index (Phi) is 6.13. The summed E-state index contributed by atoms with van der Waals surface area (Å²) in [6.07, 6.45) is 1.41. The Morgan fingerprint density at radius 2 is 2.00 bits per heavy atom. The SMILES string of the molecule is Cc1cccc(-n2nc(C(C)(C)C)cc2NC(=O)c2coc(CN)c2)c1.Cl. The molecule has 0 aliphatic carbocycles. The predicted octanol–water partition coefficient (Wildman–Crippen LogP) is 4.20. The van der Waals surface area contributed by atoms with E-state index in [-0.39, 0.29) is 30.3 Å². The lowest BCUT2D eigenvalue weighted by molar-refractivity contribution is 0.102. The quantitative estimate of drug-likeness (QED) is 0.701. The van der Waals surface area contributed by atoms with Gasteiger partial charge in [-0.3, -0.25) is 4.79 Å². The van der Waals surface area contributed by atoms with E-state index in [4.69, 9.17) is 15.2 Å². The molecule has 6 nitrogen and oxygen atoms in total. The van der Waals surface area contributed by atoms with Crippen molar-refractivity contribution in [3.8, 4) is 5.69 Å². The number of aromatic nitrogens is 2. The molecule has 27 heavy (non-hydrogen) atoms. The van der Waals surface area contributed by atoms with Crippen molar-refractivity contribution >= 4 is 24.1 Å². The first-order chi connectivity index (χ1) is 12.3. The van der Waals surface area contributed by atoms with Crippen molar-refractivity contribution in [2.75, 3.05) is 5.32 Å². The molecule has 0 aliphatic heterocycles. The Balaban J connectivity index is 0.00000261. The first-order valence-corrected chi connectivity index (χ1v) is 8.54. The fourth-order valence-electron chi connectivity index (χ4n) is 2.59. The van der Waals surface area contributed by atoms with Crippen LogP contribution in [0.2, 0.25) is 0 Å². The van der Waals surface area contributed by atoms with Crippen LogP contribution < -0.4 is 11.1 Å². The average molecular weight is 389 g/mol. The minimum Gasteiger partial charge on any atom is -0.467 e. The monoisotopic (exact) mass is 388 g/mol. The number of hydrogen-bond acceptors (Lipinski definition) is 4. The van der Waals surface area contributed by atoms with E-state index in [9.17, 15) is 4.79 Å². The van der Waals surface area contributed by atoms with Crippen molar-refractivity contribution in [1.82, 2.24) is 9.78 Å². The summed E-state index contributed by atoms with van der Waals surface area (Å²) < 4.78 is 7.01. The molecule has 0 unspecified atom stereocenters. The lowest BCUT2D eigenvalue weighted by Gasteiger charge is -2.14. The third-order valence-electron chi connectivity index (χ3n) is 4.08. The van der Waals surface area contributed by atoms with Crippen molar-refractivity contribution in [3.63, 3.8) is 0 Å². The molecule has 1 amide bonds. The summed E-state index contributed by atoms with van der Waals surface area (Å²) in [4.78, 5) is 12.6. The minimum atomic E-state index is -0.261. The van der Waals surface area contributed by atoms with Crippen LogP contribution in [0.5, 0.6) is 0 Å². The van der Waals surface area contributed by atoms with E-state index in [2.05, 4.69) is 26.1 Å². The zero-order valence-corrected chi connectivity index (χ0v) is 16.8. The lowest BCUT2D eigenvalue weighted by atomic mass is 9.92. The van der Waals surface area contributed by atoms with Gasteiger partial charge >= 0.3 is 0 Å². The van der Waals surface area contributed by atoms with Crippen LogP contribution in [0.25, 0.3) is 5.69 Å². The Hall–Kier alpha value is -2.57. The highest BCUT2D eigenvalue weighted by atomic mass is 35.5. The van der Waals surface area contributed by atoms with Gasteiger partial charge in [-0.1, -0.05) is 32.9 Å². The summed E-state index contributed by atoms with van der Waals surface area (Å²) in [5.74, 6) is 0.918. The summed E-state index contributed by atoms with van der Waals surface area (Å²) in [5.41, 5.74) is 8.74. The molecular weight excluding hydrogens is 364 g/mol. The molecule has 0 saturated heterocycles. The molecule has 0 saturated carbocycles. The van der Waals surface area contributed by atoms with Crippen molar-refractivity contribution in [2.24, 2.45) is 5.73 Å². The van der Waals surface area contributed by atoms with Gasteiger partial charge in [0.25, 0.3) is 5.91 Å². The van der Waals surface area contributed by atoms with Crippen LogP contribution in [0.4, 0.5) is 5.82 Å². The highest BCUT2D eigenvalue weighted by Crippen LogP contribution is 2.27. The highest BCUT2D eigenvalue weighted by Gasteiger charge is 2.22. The van der Waals surface area contributed by atoms with Gasteiger partial charge in [0.1, 0.15) is 17.8 Å². The number of nitrogens with one attached hydrogen (secondary N) is 1. The molecule has 2 aromatic heterocycles. The number of carbonyl (C=O) groups excluding carboxylic acids is 1. The maximum absolute atomic E-state index is 12.6.